The molecule has 9 nitrogen and oxygen atoms in total. The summed E-state index contributed by atoms with van der Waals surface area (Å²) in [6.45, 7) is 1.85. The minimum Gasteiger partial charge on any atom is -0.508 e. The molecule has 42 heavy (non-hydrogen) atoms. The zero-order valence-corrected chi connectivity index (χ0v) is 23.7. The fourth-order valence-electron chi connectivity index (χ4n) is 6.01. The highest BCUT2D eigenvalue weighted by Gasteiger charge is 2.44. The van der Waals surface area contributed by atoms with Crippen molar-refractivity contribution in [2.75, 3.05) is 13.2 Å². The molecule has 1 aliphatic carbocycles. The normalized spacial score (nSPS) is 25.5. The summed E-state index contributed by atoms with van der Waals surface area (Å²) in [5.41, 5.74) is 6.67. The highest BCUT2D eigenvalue weighted by molar-refractivity contribution is 5.74. The van der Waals surface area contributed by atoms with Gasteiger partial charge in [0.05, 0.1) is 12.6 Å². The summed E-state index contributed by atoms with van der Waals surface area (Å²) in [4.78, 5) is 12.6. The van der Waals surface area contributed by atoms with E-state index in [1.807, 2.05) is 43.3 Å². The second kappa shape index (κ2) is 13.2. The van der Waals surface area contributed by atoms with Crippen LogP contribution >= 0.6 is 0 Å². The highest BCUT2D eigenvalue weighted by Crippen LogP contribution is 2.38. The Kier molecular flexibility index (Phi) is 9.45. The van der Waals surface area contributed by atoms with Crippen LogP contribution in [0.5, 0.6) is 5.75 Å². The summed E-state index contributed by atoms with van der Waals surface area (Å²) in [7, 11) is 0. The molecule has 0 radical (unpaired) electrons. The Morgan fingerprint density at radius 3 is 2.45 bits per heavy atom. The van der Waals surface area contributed by atoms with Crippen LogP contribution < -0.4 is 10.6 Å². The third-order valence-corrected chi connectivity index (χ3v) is 8.48. The molecule has 1 aliphatic heterocycles. The quantitative estimate of drug-likeness (QED) is 0.218. The molecule has 1 saturated heterocycles. The molecule has 224 valence electrons. The molecule has 3 aromatic carbocycles. The molecule has 4 unspecified atom stereocenters. The predicted molar refractivity (Wildman–Crippen MR) is 157 cm³/mol. The van der Waals surface area contributed by atoms with Gasteiger partial charge in [-0.2, -0.15) is 0 Å². The van der Waals surface area contributed by atoms with E-state index in [1.54, 1.807) is 12.1 Å². The number of hydrogen-bond donors (Lipinski definition) is 7. The van der Waals surface area contributed by atoms with Gasteiger partial charge in [-0.05, 0) is 84.5 Å². The van der Waals surface area contributed by atoms with Crippen molar-refractivity contribution in [3.05, 3.63) is 99.6 Å². The number of benzene rings is 3. The lowest BCUT2D eigenvalue weighted by Crippen LogP contribution is -2.55. The van der Waals surface area contributed by atoms with Crippen molar-refractivity contribution >= 4 is 6.03 Å². The van der Waals surface area contributed by atoms with Crippen molar-refractivity contribution in [3.8, 4) is 5.75 Å². The van der Waals surface area contributed by atoms with Gasteiger partial charge >= 0.3 is 6.03 Å². The molecule has 2 amide bonds. The van der Waals surface area contributed by atoms with E-state index in [4.69, 9.17) is 4.74 Å². The highest BCUT2D eigenvalue weighted by atomic mass is 16.5. The van der Waals surface area contributed by atoms with Crippen LogP contribution in [0.4, 0.5) is 4.79 Å². The summed E-state index contributed by atoms with van der Waals surface area (Å²) in [5.74, 6) is -0.0971. The summed E-state index contributed by atoms with van der Waals surface area (Å²) in [6.07, 6.45) is -2.34. The molecule has 0 saturated carbocycles. The standard InChI is InChI=1S/C33H40N2O7/c1-19-15-27(37)25(32-31(40)30(39)29(38)28(18-36)42-32)17-23(19)16-21-11-9-20(10-12-21)13-14-34-33(41)35-26-8-4-6-22-5-2-3-7-24(22)26/h2-3,5,7,9-12,15,17,26,28-32,36-40H,4,6,8,13-14,16,18H2,1H3,(H2,34,35,41)/t26?,28-,29?,30?,31-,32?/m1/s1. The number of fused-ring (bicyclic) bond motifs is 1. The van der Waals surface area contributed by atoms with Crippen LogP contribution in [0.2, 0.25) is 0 Å². The van der Waals surface area contributed by atoms with Gasteiger partial charge in [0, 0.05) is 12.1 Å². The van der Waals surface area contributed by atoms with Crippen LogP contribution in [-0.2, 0) is 24.0 Å². The van der Waals surface area contributed by atoms with E-state index >= 15 is 0 Å². The number of amides is 2. The molecule has 1 fully saturated rings. The first-order valence-corrected chi connectivity index (χ1v) is 14.6. The second-order valence-electron chi connectivity index (χ2n) is 11.4. The van der Waals surface area contributed by atoms with Crippen LogP contribution in [0.15, 0.2) is 60.7 Å². The Bertz CT molecular complexity index is 1380. The van der Waals surface area contributed by atoms with Gasteiger partial charge < -0.3 is 40.9 Å². The number of aryl methyl sites for hydroxylation is 2. The van der Waals surface area contributed by atoms with Crippen LogP contribution in [-0.4, -0.2) is 69.1 Å². The molecule has 1 heterocycles. The molecule has 9 heteroatoms. The number of ether oxygens (including phenoxy) is 1. The fraction of sp³-hybridized carbons (Fsp3) is 0.424. The second-order valence-corrected chi connectivity index (χ2v) is 11.4. The monoisotopic (exact) mass is 576 g/mol. The van der Waals surface area contributed by atoms with Crippen molar-refractivity contribution < 1.29 is 35.1 Å². The van der Waals surface area contributed by atoms with Crippen LogP contribution in [0.3, 0.4) is 0 Å². The number of nitrogens with one attached hydrogen (secondary N) is 2. The average molecular weight is 577 g/mol. The van der Waals surface area contributed by atoms with Gasteiger partial charge in [0.15, 0.2) is 0 Å². The third kappa shape index (κ3) is 6.61. The number of hydrogen-bond acceptors (Lipinski definition) is 7. The maximum atomic E-state index is 12.6. The summed E-state index contributed by atoms with van der Waals surface area (Å²) >= 11 is 0. The molecule has 3 aromatic rings. The Morgan fingerprint density at radius 1 is 0.952 bits per heavy atom. The molecule has 7 N–H and O–H groups in total. The number of phenols is 1. The maximum Gasteiger partial charge on any atom is 0.315 e. The molecular formula is C33H40N2O7. The SMILES string of the molecule is Cc1cc(O)c(C2O[C@H](CO)C(O)C(O)[C@H]2O)cc1Cc1ccc(CCNC(=O)NC2CCCc3ccccc32)cc1. The van der Waals surface area contributed by atoms with Crippen molar-refractivity contribution in [1.82, 2.24) is 10.6 Å². The molecular weight excluding hydrogens is 536 g/mol. The van der Waals surface area contributed by atoms with Crippen molar-refractivity contribution in [2.24, 2.45) is 0 Å². The number of phenolic OH excluding ortho intramolecular Hbond substituents is 1. The van der Waals surface area contributed by atoms with E-state index in [1.165, 1.54) is 11.1 Å². The van der Waals surface area contributed by atoms with E-state index in [2.05, 4.69) is 22.8 Å². The van der Waals surface area contributed by atoms with E-state index in [0.717, 1.165) is 41.5 Å². The average Bonchev–Trinajstić information content (AvgIpc) is 2.99. The van der Waals surface area contributed by atoms with Gasteiger partial charge in [-0.3, -0.25) is 0 Å². The smallest absolute Gasteiger partial charge is 0.315 e. The Labute approximate surface area is 245 Å². The Balaban J connectivity index is 1.17. The number of urea groups is 1. The first kappa shape index (κ1) is 30.0. The minimum atomic E-state index is -1.53. The Hall–Kier alpha value is -3.47. The van der Waals surface area contributed by atoms with Crippen molar-refractivity contribution in [3.63, 3.8) is 0 Å². The summed E-state index contributed by atoms with van der Waals surface area (Å²) in [5, 5.41) is 57.1. The zero-order chi connectivity index (χ0) is 29.8. The number of carbonyl (C=O) groups excluding carboxylic acids is 1. The number of aliphatic hydroxyl groups excluding tert-OH is 4. The molecule has 0 spiro atoms. The predicted octanol–water partition coefficient (Wildman–Crippen LogP) is 2.73. The number of rotatable bonds is 8. The molecule has 2 aliphatic rings. The van der Waals surface area contributed by atoms with E-state index in [-0.39, 0.29) is 23.4 Å². The molecule has 6 atom stereocenters. The topological polar surface area (TPSA) is 152 Å². The lowest BCUT2D eigenvalue weighted by Gasteiger charge is -2.40. The first-order valence-electron chi connectivity index (χ1n) is 14.6. The number of aromatic hydroxyl groups is 1. The summed E-state index contributed by atoms with van der Waals surface area (Å²) in [6, 6.07) is 19.6. The van der Waals surface area contributed by atoms with Crippen LogP contribution in [0.1, 0.15) is 63.9 Å². The largest absolute Gasteiger partial charge is 0.508 e. The van der Waals surface area contributed by atoms with E-state index in [9.17, 15) is 30.3 Å². The van der Waals surface area contributed by atoms with Gasteiger partial charge in [-0.25, -0.2) is 4.79 Å². The van der Waals surface area contributed by atoms with Crippen molar-refractivity contribution in [1.29, 1.82) is 0 Å². The van der Waals surface area contributed by atoms with Gasteiger partial charge in [-0.1, -0.05) is 48.5 Å². The minimum absolute atomic E-state index is 0.0406. The van der Waals surface area contributed by atoms with Crippen LogP contribution in [0.25, 0.3) is 0 Å². The van der Waals surface area contributed by atoms with Gasteiger partial charge in [-0.15, -0.1) is 0 Å². The van der Waals surface area contributed by atoms with Gasteiger partial charge in [0.2, 0.25) is 0 Å². The fourth-order valence-corrected chi connectivity index (χ4v) is 6.01. The third-order valence-electron chi connectivity index (χ3n) is 8.48. The van der Waals surface area contributed by atoms with E-state index < -0.39 is 37.1 Å². The van der Waals surface area contributed by atoms with Crippen molar-refractivity contribution in [2.45, 2.75) is 75.6 Å². The lowest BCUT2D eigenvalue weighted by atomic mass is 9.88. The molecule has 0 bridgehead atoms. The number of aliphatic hydroxyl groups is 4. The summed E-state index contributed by atoms with van der Waals surface area (Å²) < 4.78 is 5.67. The zero-order valence-electron chi connectivity index (χ0n) is 23.7. The molecule has 0 aromatic heterocycles. The first-order chi connectivity index (χ1) is 20.2. The lowest BCUT2D eigenvalue weighted by molar-refractivity contribution is -0.232. The van der Waals surface area contributed by atoms with Gasteiger partial charge in [0.25, 0.3) is 0 Å². The van der Waals surface area contributed by atoms with Crippen LogP contribution in [0, 0.1) is 6.92 Å². The Morgan fingerprint density at radius 2 is 1.69 bits per heavy atom. The maximum absolute atomic E-state index is 12.6. The number of carbonyl (C=O) groups is 1. The molecule has 5 rings (SSSR count). The van der Waals surface area contributed by atoms with E-state index in [0.29, 0.717) is 19.4 Å². The van der Waals surface area contributed by atoms with Gasteiger partial charge in [0.1, 0.15) is 36.3 Å².